The fourth-order valence-electron chi connectivity index (χ4n) is 1.54. The van der Waals surface area contributed by atoms with Gasteiger partial charge in [0.05, 0.1) is 4.47 Å². The Morgan fingerprint density at radius 1 is 1.39 bits per heavy atom. The zero-order chi connectivity index (χ0) is 13.1. The molecule has 0 bridgehead atoms. The Balaban J connectivity index is 2.16. The maximum Gasteiger partial charge on any atom is 0.258 e. The van der Waals surface area contributed by atoms with Gasteiger partial charge in [0.25, 0.3) is 5.89 Å². The summed E-state index contributed by atoms with van der Waals surface area (Å²) >= 11 is 3.23. The zero-order valence-electron chi connectivity index (χ0n) is 10.4. The van der Waals surface area contributed by atoms with E-state index in [1.54, 1.807) is 12.1 Å². The second-order valence-corrected chi connectivity index (χ2v) is 5.47. The van der Waals surface area contributed by atoms with Crippen LogP contribution in [-0.4, -0.2) is 15.2 Å². The first-order valence-corrected chi connectivity index (χ1v) is 6.67. The summed E-state index contributed by atoms with van der Waals surface area (Å²) in [6, 6.07) is 5.18. The van der Waals surface area contributed by atoms with Crippen LogP contribution in [0.15, 0.2) is 27.2 Å². The van der Waals surface area contributed by atoms with Crippen molar-refractivity contribution < 1.29 is 9.63 Å². The average molecular weight is 311 g/mol. The third-order valence-electron chi connectivity index (χ3n) is 2.61. The van der Waals surface area contributed by atoms with Crippen LogP contribution in [0.4, 0.5) is 0 Å². The van der Waals surface area contributed by atoms with Crippen molar-refractivity contribution in [3.63, 3.8) is 0 Å². The molecule has 1 heterocycles. The fraction of sp³-hybridized carbons (Fsp3) is 0.385. The van der Waals surface area contributed by atoms with Crippen molar-refractivity contribution in [3.05, 3.63) is 28.5 Å². The van der Waals surface area contributed by atoms with Crippen LogP contribution < -0.4 is 0 Å². The monoisotopic (exact) mass is 310 g/mol. The van der Waals surface area contributed by atoms with Gasteiger partial charge in [-0.2, -0.15) is 4.98 Å². The van der Waals surface area contributed by atoms with Crippen LogP contribution >= 0.6 is 15.9 Å². The summed E-state index contributed by atoms with van der Waals surface area (Å²) in [5.74, 6) is 1.93. The average Bonchev–Trinajstić information content (AvgIpc) is 2.79. The van der Waals surface area contributed by atoms with E-state index in [-0.39, 0.29) is 5.75 Å². The number of benzene rings is 1. The Morgan fingerprint density at radius 2 is 2.17 bits per heavy atom. The molecular formula is C13H15BrN2O2. The van der Waals surface area contributed by atoms with E-state index in [1.165, 1.54) is 0 Å². The normalized spacial score (nSPS) is 11.1. The molecule has 18 heavy (non-hydrogen) atoms. The summed E-state index contributed by atoms with van der Waals surface area (Å²) in [5, 5.41) is 13.5. The van der Waals surface area contributed by atoms with Crippen molar-refractivity contribution in [1.82, 2.24) is 10.1 Å². The van der Waals surface area contributed by atoms with Gasteiger partial charge in [-0.05, 0) is 46.5 Å². The molecule has 1 N–H and O–H groups in total. The Bertz CT molecular complexity index is 538. The molecule has 0 atom stereocenters. The van der Waals surface area contributed by atoms with E-state index in [2.05, 4.69) is 39.9 Å². The van der Waals surface area contributed by atoms with E-state index in [4.69, 9.17) is 4.52 Å². The lowest BCUT2D eigenvalue weighted by atomic mass is 10.1. The van der Waals surface area contributed by atoms with E-state index in [9.17, 15) is 5.11 Å². The van der Waals surface area contributed by atoms with Crippen molar-refractivity contribution >= 4 is 15.9 Å². The quantitative estimate of drug-likeness (QED) is 0.933. The Labute approximate surface area is 114 Å². The van der Waals surface area contributed by atoms with Crippen LogP contribution in [0.5, 0.6) is 5.75 Å². The predicted octanol–water partition coefficient (Wildman–Crippen LogP) is 3.79. The number of rotatable bonds is 4. The molecule has 0 unspecified atom stereocenters. The van der Waals surface area contributed by atoms with Crippen LogP contribution in [0.2, 0.25) is 0 Å². The van der Waals surface area contributed by atoms with Gasteiger partial charge >= 0.3 is 0 Å². The van der Waals surface area contributed by atoms with Crippen molar-refractivity contribution in [2.45, 2.75) is 26.7 Å². The number of aryl methyl sites for hydroxylation is 1. The number of hydrogen-bond donors (Lipinski definition) is 1. The first kappa shape index (κ1) is 13.1. The van der Waals surface area contributed by atoms with Gasteiger partial charge in [0, 0.05) is 12.0 Å². The van der Waals surface area contributed by atoms with E-state index in [1.807, 2.05) is 6.07 Å². The molecule has 2 aromatic rings. The summed E-state index contributed by atoms with van der Waals surface area (Å²) in [6.45, 7) is 4.32. The Hall–Kier alpha value is -1.36. The molecule has 2 rings (SSSR count). The fourth-order valence-corrected chi connectivity index (χ4v) is 1.78. The molecule has 0 aliphatic carbocycles. The number of aromatic nitrogens is 2. The summed E-state index contributed by atoms with van der Waals surface area (Å²) < 4.78 is 5.83. The topological polar surface area (TPSA) is 59.2 Å². The molecule has 96 valence electrons. The van der Waals surface area contributed by atoms with Crippen molar-refractivity contribution in [2.75, 3.05) is 0 Å². The predicted molar refractivity (Wildman–Crippen MR) is 72.3 cm³/mol. The van der Waals surface area contributed by atoms with Crippen LogP contribution in [0, 0.1) is 5.92 Å². The Morgan fingerprint density at radius 3 is 2.83 bits per heavy atom. The van der Waals surface area contributed by atoms with Crippen LogP contribution in [-0.2, 0) is 6.42 Å². The van der Waals surface area contributed by atoms with Crippen LogP contribution in [0.3, 0.4) is 0 Å². The minimum atomic E-state index is 0.162. The zero-order valence-corrected chi connectivity index (χ0v) is 11.9. The number of phenolic OH excluding ortho intramolecular Hbond substituents is 1. The minimum absolute atomic E-state index is 0.162. The number of nitrogens with zero attached hydrogens (tertiary/aromatic N) is 2. The largest absolute Gasteiger partial charge is 0.507 e. The molecular weight excluding hydrogens is 296 g/mol. The van der Waals surface area contributed by atoms with E-state index in [0.29, 0.717) is 22.1 Å². The molecule has 0 aliphatic heterocycles. The van der Waals surface area contributed by atoms with Crippen molar-refractivity contribution in [1.29, 1.82) is 0 Å². The molecule has 0 aliphatic rings. The summed E-state index contributed by atoms with van der Waals surface area (Å²) in [7, 11) is 0. The molecule has 0 fully saturated rings. The van der Waals surface area contributed by atoms with Gasteiger partial charge in [-0.1, -0.05) is 19.0 Å². The smallest absolute Gasteiger partial charge is 0.258 e. The molecule has 1 aromatic carbocycles. The number of aromatic hydroxyl groups is 1. The highest BCUT2D eigenvalue weighted by molar-refractivity contribution is 9.10. The summed E-state index contributed by atoms with van der Waals surface area (Å²) in [6.07, 6.45) is 1.84. The minimum Gasteiger partial charge on any atom is -0.507 e. The second kappa shape index (κ2) is 5.52. The molecule has 0 saturated carbocycles. The third-order valence-corrected chi connectivity index (χ3v) is 3.28. The van der Waals surface area contributed by atoms with Gasteiger partial charge in [-0.25, -0.2) is 0 Å². The van der Waals surface area contributed by atoms with Crippen LogP contribution in [0.1, 0.15) is 26.1 Å². The highest BCUT2D eigenvalue weighted by Gasteiger charge is 2.10. The Kier molecular flexibility index (Phi) is 4.01. The number of hydrogen-bond acceptors (Lipinski definition) is 4. The number of halogens is 1. The number of phenols is 1. The summed E-state index contributed by atoms with van der Waals surface area (Å²) in [5.41, 5.74) is 0.721. The van der Waals surface area contributed by atoms with E-state index in [0.717, 1.165) is 18.4 Å². The van der Waals surface area contributed by atoms with E-state index < -0.39 is 0 Å². The molecule has 0 amide bonds. The van der Waals surface area contributed by atoms with Gasteiger partial charge in [-0.15, -0.1) is 0 Å². The maximum atomic E-state index is 9.61. The second-order valence-electron chi connectivity index (χ2n) is 4.61. The third kappa shape index (κ3) is 3.10. The maximum absolute atomic E-state index is 9.61. The van der Waals surface area contributed by atoms with Gasteiger partial charge in [0.15, 0.2) is 5.82 Å². The molecule has 0 radical (unpaired) electrons. The lowest BCUT2D eigenvalue weighted by molar-refractivity contribution is 0.418. The highest BCUT2D eigenvalue weighted by atomic mass is 79.9. The molecule has 5 heteroatoms. The molecule has 4 nitrogen and oxygen atoms in total. The molecule has 1 aromatic heterocycles. The summed E-state index contributed by atoms with van der Waals surface area (Å²) in [4.78, 5) is 4.32. The lowest BCUT2D eigenvalue weighted by Gasteiger charge is -1.99. The van der Waals surface area contributed by atoms with Crippen LogP contribution in [0.25, 0.3) is 11.5 Å². The van der Waals surface area contributed by atoms with Gasteiger partial charge in [0.1, 0.15) is 5.75 Å². The standard InChI is InChI=1S/C13H15BrN2O2/c1-8(2)3-6-12-15-13(18-16-12)9-4-5-10(14)11(17)7-9/h4-5,7-8,17H,3,6H2,1-2H3. The molecule has 0 saturated heterocycles. The lowest BCUT2D eigenvalue weighted by Crippen LogP contribution is -1.93. The SMILES string of the molecule is CC(C)CCc1noc(-c2ccc(Br)c(O)c2)n1. The van der Waals surface area contributed by atoms with E-state index >= 15 is 0 Å². The van der Waals surface area contributed by atoms with Gasteiger partial charge in [-0.3, -0.25) is 0 Å². The highest BCUT2D eigenvalue weighted by Crippen LogP contribution is 2.29. The first-order chi connectivity index (χ1) is 8.56. The van der Waals surface area contributed by atoms with Gasteiger partial charge in [0.2, 0.25) is 0 Å². The van der Waals surface area contributed by atoms with Gasteiger partial charge < -0.3 is 9.63 Å². The van der Waals surface area contributed by atoms with Crippen molar-refractivity contribution in [2.24, 2.45) is 5.92 Å². The van der Waals surface area contributed by atoms with Crippen molar-refractivity contribution in [3.8, 4) is 17.2 Å². The first-order valence-electron chi connectivity index (χ1n) is 5.87. The molecule has 0 spiro atoms.